The average Bonchev–Trinajstić information content (AvgIpc) is 1.90. The van der Waals surface area contributed by atoms with Gasteiger partial charge in [-0.05, 0) is 18.4 Å². The predicted octanol–water partition coefficient (Wildman–Crippen LogP) is 2.08. The fourth-order valence-electron chi connectivity index (χ4n) is 0.717. The van der Waals surface area contributed by atoms with Crippen molar-refractivity contribution in [2.24, 2.45) is 0 Å². The molecule has 1 aliphatic heterocycles. The highest BCUT2D eigenvalue weighted by Crippen LogP contribution is 2.12. The van der Waals surface area contributed by atoms with Gasteiger partial charge in [0.1, 0.15) is 0 Å². The largest absolute Gasteiger partial charge is 0.501 e. The van der Waals surface area contributed by atoms with Crippen LogP contribution in [0.3, 0.4) is 0 Å². The predicted molar refractivity (Wildman–Crippen MR) is 37.1 cm³/mol. The molecule has 1 rings (SSSR count). The highest BCUT2D eigenvalue weighted by Gasteiger charge is 2.00. The second-order valence-corrected chi connectivity index (χ2v) is 2.44. The van der Waals surface area contributed by atoms with Gasteiger partial charge in [-0.15, -0.1) is 0 Å². The summed E-state index contributed by atoms with van der Waals surface area (Å²) in [5.41, 5.74) is 1.37. The molecule has 0 bridgehead atoms. The van der Waals surface area contributed by atoms with Crippen LogP contribution in [0.2, 0.25) is 0 Å². The van der Waals surface area contributed by atoms with Gasteiger partial charge in [-0.3, -0.25) is 0 Å². The molecule has 0 aromatic carbocycles. The van der Waals surface area contributed by atoms with E-state index in [0.29, 0.717) is 0 Å². The van der Waals surface area contributed by atoms with Crippen molar-refractivity contribution in [3.8, 4) is 0 Å². The van der Waals surface area contributed by atoms with Gasteiger partial charge in [-0.1, -0.05) is 15.9 Å². The molecule has 0 N–H and O–H groups in total. The lowest BCUT2D eigenvalue weighted by atomic mass is 10.2. The highest BCUT2D eigenvalue weighted by atomic mass is 79.9. The third-order valence-corrected chi connectivity index (χ3v) is 1.90. The number of ether oxygens (including phenoxy) is 1. The number of hydrogen-bond acceptors (Lipinski definition) is 1. The number of hydrogen-bond donors (Lipinski definition) is 0. The van der Waals surface area contributed by atoms with E-state index in [1.54, 1.807) is 0 Å². The minimum absolute atomic E-state index is 0.899. The minimum atomic E-state index is 0.899. The summed E-state index contributed by atoms with van der Waals surface area (Å²) in [6, 6.07) is 0. The monoisotopic (exact) mass is 176 g/mol. The number of allylic oxidation sites excluding steroid dienone is 1. The molecule has 0 aromatic heterocycles. The molecular weight excluding hydrogens is 168 g/mol. The van der Waals surface area contributed by atoms with E-state index in [9.17, 15) is 0 Å². The Kier molecular flexibility index (Phi) is 2.40. The van der Waals surface area contributed by atoms with Crippen LogP contribution in [0.5, 0.6) is 0 Å². The third-order valence-electron chi connectivity index (χ3n) is 1.18. The van der Waals surface area contributed by atoms with E-state index in [4.69, 9.17) is 4.74 Å². The van der Waals surface area contributed by atoms with Gasteiger partial charge in [-0.25, -0.2) is 0 Å². The lowest BCUT2D eigenvalue weighted by molar-refractivity contribution is 0.225. The topological polar surface area (TPSA) is 9.23 Å². The zero-order valence-electron chi connectivity index (χ0n) is 4.69. The Hall–Kier alpha value is 0.0200. The molecular formula is C6H9BrO. The van der Waals surface area contributed by atoms with Crippen LogP contribution >= 0.6 is 15.9 Å². The third kappa shape index (κ3) is 1.51. The molecule has 0 fully saturated rings. The quantitative estimate of drug-likeness (QED) is 0.557. The van der Waals surface area contributed by atoms with Crippen LogP contribution in [-0.4, -0.2) is 11.9 Å². The van der Waals surface area contributed by atoms with Crippen molar-refractivity contribution >= 4 is 15.9 Å². The maximum atomic E-state index is 5.08. The van der Waals surface area contributed by atoms with E-state index in [2.05, 4.69) is 15.9 Å². The smallest absolute Gasteiger partial charge is 0.0876 e. The van der Waals surface area contributed by atoms with Crippen LogP contribution < -0.4 is 0 Å². The van der Waals surface area contributed by atoms with Gasteiger partial charge in [-0.2, -0.15) is 0 Å². The second kappa shape index (κ2) is 3.13. The summed E-state index contributed by atoms with van der Waals surface area (Å²) in [4.78, 5) is 0. The summed E-state index contributed by atoms with van der Waals surface area (Å²) < 4.78 is 5.08. The van der Waals surface area contributed by atoms with Crippen molar-refractivity contribution in [1.29, 1.82) is 0 Å². The van der Waals surface area contributed by atoms with Gasteiger partial charge >= 0.3 is 0 Å². The van der Waals surface area contributed by atoms with Crippen LogP contribution in [-0.2, 0) is 4.74 Å². The van der Waals surface area contributed by atoms with E-state index in [0.717, 1.165) is 11.9 Å². The molecule has 2 heteroatoms. The standard InChI is InChI=1S/C6H9BrO/c7-4-6-2-1-3-8-5-6/h5H,1-4H2. The first-order valence-corrected chi connectivity index (χ1v) is 3.91. The first-order chi connectivity index (χ1) is 3.93. The fraction of sp³-hybridized carbons (Fsp3) is 0.667. The molecule has 0 atom stereocenters. The molecule has 1 heterocycles. The molecule has 0 saturated carbocycles. The Morgan fingerprint density at radius 1 is 1.75 bits per heavy atom. The Labute approximate surface area is 57.8 Å². The molecule has 0 spiro atoms. The van der Waals surface area contributed by atoms with E-state index >= 15 is 0 Å². The van der Waals surface area contributed by atoms with Crippen molar-refractivity contribution in [2.75, 3.05) is 11.9 Å². The second-order valence-electron chi connectivity index (χ2n) is 1.88. The highest BCUT2D eigenvalue weighted by molar-refractivity contribution is 9.09. The van der Waals surface area contributed by atoms with Crippen molar-refractivity contribution < 1.29 is 4.74 Å². The molecule has 1 aliphatic rings. The van der Waals surface area contributed by atoms with Gasteiger partial charge < -0.3 is 4.74 Å². The van der Waals surface area contributed by atoms with Gasteiger partial charge in [0.25, 0.3) is 0 Å². The van der Waals surface area contributed by atoms with Crippen LogP contribution in [0.1, 0.15) is 12.8 Å². The number of alkyl halides is 1. The molecule has 0 aromatic rings. The normalized spacial score (nSPS) is 19.4. The molecule has 0 unspecified atom stereocenters. The van der Waals surface area contributed by atoms with E-state index < -0.39 is 0 Å². The van der Waals surface area contributed by atoms with Gasteiger partial charge in [0.15, 0.2) is 0 Å². The summed E-state index contributed by atoms with van der Waals surface area (Å²) in [5, 5.41) is 0.965. The average molecular weight is 177 g/mol. The number of rotatable bonds is 1. The Balaban J connectivity index is 2.37. The van der Waals surface area contributed by atoms with Crippen molar-refractivity contribution in [1.82, 2.24) is 0 Å². The van der Waals surface area contributed by atoms with Gasteiger partial charge in [0.05, 0.1) is 12.9 Å². The SMILES string of the molecule is BrCC1=COCCC1. The van der Waals surface area contributed by atoms with Crippen LogP contribution in [0.15, 0.2) is 11.8 Å². The van der Waals surface area contributed by atoms with E-state index in [-0.39, 0.29) is 0 Å². The molecule has 8 heavy (non-hydrogen) atoms. The lowest BCUT2D eigenvalue weighted by Gasteiger charge is -2.10. The van der Waals surface area contributed by atoms with E-state index in [1.807, 2.05) is 6.26 Å². The molecule has 0 saturated heterocycles. The van der Waals surface area contributed by atoms with Crippen molar-refractivity contribution in [3.05, 3.63) is 11.8 Å². The van der Waals surface area contributed by atoms with Gasteiger partial charge in [0.2, 0.25) is 0 Å². The summed E-state index contributed by atoms with van der Waals surface area (Å²) in [6.45, 7) is 0.899. The first-order valence-electron chi connectivity index (χ1n) is 2.79. The van der Waals surface area contributed by atoms with Crippen LogP contribution in [0.25, 0.3) is 0 Å². The first kappa shape index (κ1) is 6.14. The molecule has 0 aliphatic carbocycles. The molecule has 1 nitrogen and oxygen atoms in total. The minimum Gasteiger partial charge on any atom is -0.501 e. The summed E-state index contributed by atoms with van der Waals surface area (Å²) in [5.74, 6) is 0. The Morgan fingerprint density at radius 2 is 2.62 bits per heavy atom. The zero-order chi connectivity index (χ0) is 5.82. The molecule has 46 valence electrons. The van der Waals surface area contributed by atoms with Gasteiger partial charge in [0, 0.05) is 5.33 Å². The molecule has 0 radical (unpaired) electrons. The lowest BCUT2D eigenvalue weighted by Crippen LogP contribution is -1.98. The Morgan fingerprint density at radius 3 is 3.00 bits per heavy atom. The maximum absolute atomic E-state index is 5.08. The summed E-state index contributed by atoms with van der Waals surface area (Å²) in [6.07, 6.45) is 4.24. The van der Waals surface area contributed by atoms with E-state index in [1.165, 1.54) is 18.4 Å². The Bertz CT molecular complexity index is 98.7. The van der Waals surface area contributed by atoms with Crippen LogP contribution in [0, 0.1) is 0 Å². The zero-order valence-corrected chi connectivity index (χ0v) is 6.28. The molecule has 0 amide bonds. The van der Waals surface area contributed by atoms with Crippen LogP contribution in [0.4, 0.5) is 0 Å². The maximum Gasteiger partial charge on any atom is 0.0876 e. The fourth-order valence-corrected chi connectivity index (χ4v) is 1.13. The van der Waals surface area contributed by atoms with Crippen molar-refractivity contribution in [2.45, 2.75) is 12.8 Å². The summed E-state index contributed by atoms with van der Waals surface area (Å²) in [7, 11) is 0. The summed E-state index contributed by atoms with van der Waals surface area (Å²) >= 11 is 3.36. The van der Waals surface area contributed by atoms with Crippen molar-refractivity contribution in [3.63, 3.8) is 0 Å². The number of halogens is 1.